The summed E-state index contributed by atoms with van der Waals surface area (Å²) in [6.07, 6.45) is 0. The average Bonchev–Trinajstić information content (AvgIpc) is 2.46. The molecule has 3 aromatic carbocycles. The normalized spacial score (nSPS) is 10.7. The number of ether oxygens (including phenoxy) is 1. The molecule has 0 atom stereocenters. The number of nitrogen functional groups attached to an aromatic ring is 1. The van der Waals surface area contributed by atoms with Gasteiger partial charge in [0.15, 0.2) is 5.75 Å². The fraction of sp³-hybridized carbons (Fsp3) is 0. The lowest BCUT2D eigenvalue weighted by molar-refractivity contribution is 0.491. The molecule has 20 heavy (non-hydrogen) atoms. The molecule has 4 heteroatoms. The van der Waals surface area contributed by atoms with Gasteiger partial charge in [0.05, 0.1) is 10.7 Å². The Bertz CT molecular complexity index is 766. The van der Waals surface area contributed by atoms with Crippen molar-refractivity contribution in [2.45, 2.75) is 0 Å². The van der Waals surface area contributed by atoms with Crippen molar-refractivity contribution in [2.24, 2.45) is 0 Å². The van der Waals surface area contributed by atoms with Gasteiger partial charge in [-0.25, -0.2) is 0 Å². The van der Waals surface area contributed by atoms with Crippen LogP contribution in [0.5, 0.6) is 11.5 Å². The van der Waals surface area contributed by atoms with E-state index in [0.717, 1.165) is 10.8 Å². The SMILES string of the molecule is Nc1cccc(Cl)c1Oc1ccc(Cl)c2ccccc12. The Morgan fingerprint density at radius 1 is 0.750 bits per heavy atom. The highest BCUT2D eigenvalue weighted by atomic mass is 35.5. The maximum absolute atomic E-state index is 6.19. The first-order valence-corrected chi connectivity index (χ1v) is 6.81. The molecule has 0 radical (unpaired) electrons. The highest BCUT2D eigenvalue weighted by molar-refractivity contribution is 6.35. The molecule has 0 aliphatic carbocycles. The molecule has 0 aromatic heterocycles. The number of hydrogen-bond donors (Lipinski definition) is 1. The second kappa shape index (κ2) is 5.23. The van der Waals surface area contributed by atoms with Gasteiger partial charge >= 0.3 is 0 Å². The zero-order chi connectivity index (χ0) is 14.1. The van der Waals surface area contributed by atoms with Crippen LogP contribution in [-0.2, 0) is 0 Å². The second-order valence-corrected chi connectivity index (χ2v) is 5.17. The monoisotopic (exact) mass is 303 g/mol. The zero-order valence-electron chi connectivity index (χ0n) is 10.4. The predicted octanol–water partition coefficient (Wildman–Crippen LogP) is 5.52. The minimum atomic E-state index is 0.460. The van der Waals surface area contributed by atoms with E-state index < -0.39 is 0 Å². The molecule has 3 rings (SSSR count). The highest BCUT2D eigenvalue weighted by Gasteiger charge is 2.10. The predicted molar refractivity (Wildman–Crippen MR) is 84.9 cm³/mol. The molecule has 100 valence electrons. The van der Waals surface area contributed by atoms with Crippen molar-refractivity contribution in [1.82, 2.24) is 0 Å². The van der Waals surface area contributed by atoms with Crippen LogP contribution >= 0.6 is 23.2 Å². The molecule has 0 fully saturated rings. The smallest absolute Gasteiger partial charge is 0.168 e. The quantitative estimate of drug-likeness (QED) is 0.632. The Balaban J connectivity index is 2.14. The Kier molecular flexibility index (Phi) is 3.43. The van der Waals surface area contributed by atoms with Crippen LogP contribution in [0.25, 0.3) is 10.8 Å². The molecule has 3 aromatic rings. The number of benzene rings is 3. The molecule has 0 saturated carbocycles. The number of rotatable bonds is 2. The van der Waals surface area contributed by atoms with E-state index in [1.807, 2.05) is 30.3 Å². The fourth-order valence-electron chi connectivity index (χ4n) is 2.07. The Morgan fingerprint density at radius 2 is 1.50 bits per heavy atom. The summed E-state index contributed by atoms with van der Waals surface area (Å²) < 4.78 is 5.89. The van der Waals surface area contributed by atoms with Crippen LogP contribution in [0.4, 0.5) is 5.69 Å². The van der Waals surface area contributed by atoms with E-state index in [0.29, 0.717) is 27.2 Å². The summed E-state index contributed by atoms with van der Waals surface area (Å²) in [5.74, 6) is 1.13. The van der Waals surface area contributed by atoms with E-state index in [-0.39, 0.29) is 0 Å². The molecule has 0 aliphatic rings. The van der Waals surface area contributed by atoms with Crippen molar-refractivity contribution in [2.75, 3.05) is 5.73 Å². The molecule has 0 amide bonds. The first-order chi connectivity index (χ1) is 9.66. The van der Waals surface area contributed by atoms with E-state index in [1.165, 1.54) is 0 Å². The molecular formula is C16H11Cl2NO. The van der Waals surface area contributed by atoms with Gasteiger partial charge in [0.2, 0.25) is 0 Å². The van der Waals surface area contributed by atoms with Crippen molar-refractivity contribution in [3.63, 3.8) is 0 Å². The summed E-state index contributed by atoms with van der Waals surface area (Å²) in [4.78, 5) is 0. The van der Waals surface area contributed by atoms with E-state index >= 15 is 0 Å². The van der Waals surface area contributed by atoms with E-state index in [9.17, 15) is 0 Å². The van der Waals surface area contributed by atoms with Crippen LogP contribution in [0.2, 0.25) is 10.0 Å². The largest absolute Gasteiger partial charge is 0.453 e. The lowest BCUT2D eigenvalue weighted by atomic mass is 10.1. The summed E-state index contributed by atoms with van der Waals surface area (Å²) >= 11 is 12.3. The van der Waals surface area contributed by atoms with Gasteiger partial charge in [0.25, 0.3) is 0 Å². The molecule has 0 heterocycles. The minimum absolute atomic E-state index is 0.460. The molecule has 2 nitrogen and oxygen atoms in total. The first-order valence-electron chi connectivity index (χ1n) is 6.06. The molecular weight excluding hydrogens is 293 g/mol. The average molecular weight is 304 g/mol. The standard InChI is InChI=1S/C16H11Cl2NO/c17-12-8-9-15(11-5-2-1-4-10(11)12)20-16-13(18)6-3-7-14(16)19/h1-9H,19H2. The van der Waals surface area contributed by atoms with Gasteiger partial charge < -0.3 is 10.5 Å². The van der Waals surface area contributed by atoms with Gasteiger partial charge in [-0.05, 0) is 24.3 Å². The Labute approximate surface area is 126 Å². The summed E-state index contributed by atoms with van der Waals surface area (Å²) in [6.45, 7) is 0. The number of halogens is 2. The number of anilines is 1. The van der Waals surface area contributed by atoms with Gasteiger partial charge in [-0.2, -0.15) is 0 Å². The van der Waals surface area contributed by atoms with E-state index in [1.54, 1.807) is 24.3 Å². The first kappa shape index (κ1) is 13.1. The second-order valence-electron chi connectivity index (χ2n) is 4.35. The number of nitrogens with two attached hydrogens (primary N) is 1. The molecule has 0 bridgehead atoms. The van der Waals surface area contributed by atoms with Crippen LogP contribution in [0.1, 0.15) is 0 Å². The number of para-hydroxylation sites is 1. The molecule has 0 spiro atoms. The molecule has 0 aliphatic heterocycles. The lowest BCUT2D eigenvalue weighted by Gasteiger charge is -2.12. The summed E-state index contributed by atoms with van der Waals surface area (Å²) in [5.41, 5.74) is 6.40. The number of hydrogen-bond acceptors (Lipinski definition) is 2. The van der Waals surface area contributed by atoms with Crippen molar-refractivity contribution in [3.8, 4) is 11.5 Å². The van der Waals surface area contributed by atoms with Crippen LogP contribution in [0.3, 0.4) is 0 Å². The zero-order valence-corrected chi connectivity index (χ0v) is 11.9. The van der Waals surface area contributed by atoms with Crippen molar-refractivity contribution in [1.29, 1.82) is 0 Å². The number of fused-ring (bicyclic) bond motifs is 1. The highest BCUT2D eigenvalue weighted by Crippen LogP contribution is 2.39. The third kappa shape index (κ3) is 2.28. The van der Waals surface area contributed by atoms with Crippen molar-refractivity contribution in [3.05, 3.63) is 64.6 Å². The summed E-state index contributed by atoms with van der Waals surface area (Å²) in [5, 5.41) is 3.00. The van der Waals surface area contributed by atoms with Crippen LogP contribution in [0, 0.1) is 0 Å². The van der Waals surface area contributed by atoms with E-state index in [4.69, 9.17) is 33.7 Å². The van der Waals surface area contributed by atoms with Gasteiger partial charge in [-0.1, -0.05) is 53.5 Å². The van der Waals surface area contributed by atoms with Crippen molar-refractivity contribution >= 4 is 39.7 Å². The summed E-state index contributed by atoms with van der Waals surface area (Å²) in [7, 11) is 0. The van der Waals surface area contributed by atoms with Crippen LogP contribution in [-0.4, -0.2) is 0 Å². The maximum Gasteiger partial charge on any atom is 0.168 e. The van der Waals surface area contributed by atoms with Gasteiger partial charge in [0, 0.05) is 15.8 Å². The maximum atomic E-state index is 6.19. The van der Waals surface area contributed by atoms with Crippen molar-refractivity contribution < 1.29 is 4.74 Å². The topological polar surface area (TPSA) is 35.2 Å². The van der Waals surface area contributed by atoms with Gasteiger partial charge in [-0.15, -0.1) is 0 Å². The molecule has 0 unspecified atom stereocenters. The minimum Gasteiger partial charge on any atom is -0.453 e. The Hall–Kier alpha value is -1.90. The fourth-order valence-corrected chi connectivity index (χ4v) is 2.52. The lowest BCUT2D eigenvalue weighted by Crippen LogP contribution is -1.93. The third-order valence-electron chi connectivity index (χ3n) is 3.04. The van der Waals surface area contributed by atoms with E-state index in [2.05, 4.69) is 0 Å². The Morgan fingerprint density at radius 3 is 2.25 bits per heavy atom. The van der Waals surface area contributed by atoms with Gasteiger partial charge in [-0.3, -0.25) is 0 Å². The third-order valence-corrected chi connectivity index (χ3v) is 3.67. The van der Waals surface area contributed by atoms with Gasteiger partial charge in [0.1, 0.15) is 5.75 Å². The summed E-state index contributed by atoms with van der Waals surface area (Å²) in [6, 6.07) is 16.6. The molecule has 0 saturated heterocycles. The van der Waals surface area contributed by atoms with Crippen LogP contribution < -0.4 is 10.5 Å². The van der Waals surface area contributed by atoms with Crippen LogP contribution in [0.15, 0.2) is 54.6 Å². The molecule has 2 N–H and O–H groups in total.